The van der Waals surface area contributed by atoms with Gasteiger partial charge in [0.25, 0.3) is 0 Å². The number of anilines is 1. The smallest absolute Gasteiger partial charge is 0.410 e. The number of benzene rings is 1. The summed E-state index contributed by atoms with van der Waals surface area (Å²) in [7, 11) is 0. The quantitative estimate of drug-likeness (QED) is 0.774. The van der Waals surface area contributed by atoms with Crippen molar-refractivity contribution >= 4 is 27.7 Å². The van der Waals surface area contributed by atoms with E-state index in [1.165, 1.54) is 0 Å². The van der Waals surface area contributed by atoms with Gasteiger partial charge in [-0.3, -0.25) is 0 Å². The minimum atomic E-state index is -0.491. The van der Waals surface area contributed by atoms with Gasteiger partial charge in [-0.05, 0) is 66.2 Å². The lowest BCUT2D eigenvalue weighted by Crippen LogP contribution is -2.49. The molecule has 0 unspecified atom stereocenters. The number of carbonyl (C=O) groups excluding carboxylic acids is 1. The molecule has 0 bridgehead atoms. The van der Waals surface area contributed by atoms with Crippen molar-refractivity contribution in [2.75, 3.05) is 18.4 Å². The highest BCUT2D eigenvalue weighted by atomic mass is 79.9. The second kappa shape index (κ2) is 7.56. The molecule has 0 aliphatic heterocycles. The number of hydrogen-bond acceptors (Lipinski definition) is 3. The normalized spacial score (nSPS) is 12.0. The molecule has 0 heterocycles. The van der Waals surface area contributed by atoms with E-state index in [-0.39, 0.29) is 11.6 Å². The van der Waals surface area contributed by atoms with Crippen molar-refractivity contribution in [1.29, 1.82) is 0 Å². The number of carbonyl (C=O) groups is 1. The van der Waals surface area contributed by atoms with E-state index in [1.54, 1.807) is 4.90 Å². The molecule has 23 heavy (non-hydrogen) atoms. The van der Waals surface area contributed by atoms with Crippen molar-refractivity contribution in [3.63, 3.8) is 0 Å². The Hall–Kier alpha value is -1.23. The fourth-order valence-corrected chi connectivity index (χ4v) is 2.49. The molecule has 1 rings (SSSR count). The van der Waals surface area contributed by atoms with Crippen molar-refractivity contribution in [2.24, 2.45) is 0 Å². The SMILES string of the molecule is Cc1c(Br)cccc1NCCN(C(=O)OC(C)(C)C)C(C)(C)C. The van der Waals surface area contributed by atoms with Gasteiger partial charge in [-0.1, -0.05) is 22.0 Å². The summed E-state index contributed by atoms with van der Waals surface area (Å²) in [4.78, 5) is 14.2. The van der Waals surface area contributed by atoms with E-state index in [1.807, 2.05) is 59.7 Å². The van der Waals surface area contributed by atoms with Crippen LogP contribution in [0.25, 0.3) is 0 Å². The number of nitrogens with zero attached hydrogens (tertiary/aromatic N) is 1. The van der Waals surface area contributed by atoms with Crippen LogP contribution < -0.4 is 5.32 Å². The van der Waals surface area contributed by atoms with Crippen molar-refractivity contribution in [1.82, 2.24) is 4.90 Å². The van der Waals surface area contributed by atoms with Crippen LogP contribution in [-0.2, 0) is 4.74 Å². The Labute approximate surface area is 148 Å². The van der Waals surface area contributed by atoms with Gasteiger partial charge in [0.1, 0.15) is 5.60 Å². The third kappa shape index (κ3) is 6.42. The summed E-state index contributed by atoms with van der Waals surface area (Å²) in [6, 6.07) is 6.05. The maximum absolute atomic E-state index is 12.4. The molecule has 4 nitrogen and oxygen atoms in total. The molecule has 5 heteroatoms. The van der Waals surface area contributed by atoms with Gasteiger partial charge in [-0.2, -0.15) is 0 Å². The van der Waals surface area contributed by atoms with Crippen LogP contribution in [-0.4, -0.2) is 35.2 Å². The molecule has 0 saturated carbocycles. The molecule has 0 atom stereocenters. The molecule has 0 aromatic heterocycles. The van der Waals surface area contributed by atoms with E-state index in [0.29, 0.717) is 13.1 Å². The average Bonchev–Trinajstić information content (AvgIpc) is 2.35. The zero-order valence-corrected chi connectivity index (χ0v) is 16.9. The van der Waals surface area contributed by atoms with Crippen LogP contribution in [0, 0.1) is 6.92 Å². The first-order valence-corrected chi connectivity index (χ1v) is 8.71. The Bertz CT molecular complexity index is 545. The average molecular weight is 385 g/mol. The molecule has 130 valence electrons. The van der Waals surface area contributed by atoms with E-state index in [2.05, 4.69) is 28.2 Å². The van der Waals surface area contributed by atoms with Gasteiger partial charge in [-0.15, -0.1) is 0 Å². The number of halogens is 1. The maximum Gasteiger partial charge on any atom is 0.410 e. The summed E-state index contributed by atoms with van der Waals surface area (Å²) in [6.07, 6.45) is -0.280. The summed E-state index contributed by atoms with van der Waals surface area (Å²) in [5.74, 6) is 0. The molecule has 0 aliphatic rings. The summed E-state index contributed by atoms with van der Waals surface area (Å²) < 4.78 is 6.60. The van der Waals surface area contributed by atoms with Crippen LogP contribution in [0.5, 0.6) is 0 Å². The van der Waals surface area contributed by atoms with Crippen molar-refractivity contribution in [3.05, 3.63) is 28.2 Å². The van der Waals surface area contributed by atoms with Gasteiger partial charge in [-0.25, -0.2) is 4.79 Å². The molecule has 1 amide bonds. The Morgan fingerprint density at radius 1 is 1.22 bits per heavy atom. The number of amides is 1. The van der Waals surface area contributed by atoms with E-state index in [0.717, 1.165) is 15.7 Å². The topological polar surface area (TPSA) is 41.6 Å². The monoisotopic (exact) mass is 384 g/mol. The Morgan fingerprint density at radius 3 is 2.35 bits per heavy atom. The van der Waals surface area contributed by atoms with Crippen LogP contribution in [0.1, 0.15) is 47.1 Å². The van der Waals surface area contributed by atoms with Crippen LogP contribution in [0.3, 0.4) is 0 Å². The lowest BCUT2D eigenvalue weighted by molar-refractivity contribution is 0.00749. The summed E-state index contributed by atoms with van der Waals surface area (Å²) in [5.41, 5.74) is 1.44. The lowest BCUT2D eigenvalue weighted by atomic mass is 10.1. The molecule has 1 N–H and O–H groups in total. The first kappa shape index (κ1) is 19.8. The summed E-state index contributed by atoms with van der Waals surface area (Å²) >= 11 is 3.53. The van der Waals surface area contributed by atoms with Crippen LogP contribution in [0.2, 0.25) is 0 Å². The van der Waals surface area contributed by atoms with E-state index in [4.69, 9.17) is 4.74 Å². The Balaban J connectivity index is 2.72. The second-order valence-corrected chi connectivity index (χ2v) is 8.50. The highest BCUT2D eigenvalue weighted by molar-refractivity contribution is 9.10. The van der Waals surface area contributed by atoms with Crippen LogP contribution in [0.4, 0.5) is 10.5 Å². The lowest BCUT2D eigenvalue weighted by Gasteiger charge is -2.37. The van der Waals surface area contributed by atoms with Gasteiger partial charge >= 0.3 is 6.09 Å². The second-order valence-electron chi connectivity index (χ2n) is 7.64. The molecule has 0 spiro atoms. The maximum atomic E-state index is 12.4. The van der Waals surface area contributed by atoms with E-state index in [9.17, 15) is 4.79 Å². The fraction of sp³-hybridized carbons (Fsp3) is 0.611. The van der Waals surface area contributed by atoms with Gasteiger partial charge in [0.15, 0.2) is 0 Å². The molecule has 0 aliphatic carbocycles. The number of nitrogens with one attached hydrogen (secondary N) is 1. The molecule has 0 fully saturated rings. The predicted octanol–water partition coefficient (Wildman–Crippen LogP) is 5.21. The molecular weight excluding hydrogens is 356 g/mol. The third-order valence-corrected chi connectivity index (χ3v) is 4.20. The fourth-order valence-electron chi connectivity index (χ4n) is 2.12. The van der Waals surface area contributed by atoms with E-state index >= 15 is 0 Å². The molecular formula is C18H29BrN2O2. The van der Waals surface area contributed by atoms with Crippen molar-refractivity contribution < 1.29 is 9.53 Å². The molecule has 1 aromatic rings. The number of hydrogen-bond donors (Lipinski definition) is 1. The molecule has 1 aromatic carbocycles. The zero-order chi connectivity index (χ0) is 17.8. The molecule has 0 radical (unpaired) electrons. The third-order valence-electron chi connectivity index (χ3n) is 3.34. The van der Waals surface area contributed by atoms with Crippen molar-refractivity contribution in [3.8, 4) is 0 Å². The minimum absolute atomic E-state index is 0.280. The summed E-state index contributed by atoms with van der Waals surface area (Å²) in [6.45, 7) is 15.0. The Morgan fingerprint density at radius 2 is 1.83 bits per heavy atom. The number of rotatable bonds is 4. The van der Waals surface area contributed by atoms with Gasteiger partial charge in [0, 0.05) is 28.8 Å². The number of ether oxygens (including phenoxy) is 1. The van der Waals surface area contributed by atoms with Gasteiger partial charge in [0.05, 0.1) is 0 Å². The zero-order valence-electron chi connectivity index (χ0n) is 15.3. The first-order valence-electron chi connectivity index (χ1n) is 7.91. The minimum Gasteiger partial charge on any atom is -0.444 e. The largest absolute Gasteiger partial charge is 0.444 e. The van der Waals surface area contributed by atoms with Gasteiger partial charge < -0.3 is 15.0 Å². The highest BCUT2D eigenvalue weighted by Gasteiger charge is 2.30. The standard InChI is InChI=1S/C18H29BrN2O2/c1-13-14(19)9-8-10-15(13)20-11-12-21(17(2,3)4)16(22)23-18(5,6)7/h8-10,20H,11-12H2,1-7H3. The van der Waals surface area contributed by atoms with E-state index < -0.39 is 5.60 Å². The highest BCUT2D eigenvalue weighted by Crippen LogP contribution is 2.23. The Kier molecular flexibility index (Phi) is 6.51. The van der Waals surface area contributed by atoms with Crippen LogP contribution >= 0.6 is 15.9 Å². The predicted molar refractivity (Wildman–Crippen MR) is 100 cm³/mol. The van der Waals surface area contributed by atoms with Crippen LogP contribution in [0.15, 0.2) is 22.7 Å². The first-order chi connectivity index (χ1) is 10.4. The van der Waals surface area contributed by atoms with Crippen molar-refractivity contribution in [2.45, 2.75) is 59.6 Å². The summed E-state index contributed by atoms with van der Waals surface area (Å²) in [5, 5.41) is 3.39. The molecule has 0 saturated heterocycles. The van der Waals surface area contributed by atoms with Gasteiger partial charge in [0.2, 0.25) is 0 Å².